The van der Waals surface area contributed by atoms with E-state index >= 15 is 0 Å². The fraction of sp³-hybridized carbons (Fsp3) is 0.750. The lowest BCUT2D eigenvalue weighted by molar-refractivity contribution is 0.702. The molecule has 1 aliphatic rings. The predicted molar refractivity (Wildman–Crippen MR) is 50.9 cm³/mol. The van der Waals surface area contributed by atoms with Crippen molar-refractivity contribution in [1.29, 1.82) is 0 Å². The fourth-order valence-corrected chi connectivity index (χ4v) is 1.37. The quantitative estimate of drug-likeness (QED) is 0.265. The van der Waals surface area contributed by atoms with Crippen LogP contribution in [0.2, 0.25) is 0 Å². The van der Waals surface area contributed by atoms with E-state index in [1.54, 1.807) is 0 Å². The minimum atomic E-state index is 0.0479. The Morgan fingerprint density at radius 3 is 2.08 bits per heavy atom. The standard InChI is InChI=1S/C8H16N4/c9-8(10)12-11-7-5-3-1-2-4-6-7/h1-6H2,(H4,9,10,12). The molecule has 0 atom stereocenters. The zero-order valence-corrected chi connectivity index (χ0v) is 7.29. The van der Waals surface area contributed by atoms with Gasteiger partial charge in [-0.3, -0.25) is 0 Å². The molecule has 0 unspecified atom stereocenters. The second kappa shape index (κ2) is 4.74. The van der Waals surface area contributed by atoms with Crippen molar-refractivity contribution in [3.05, 3.63) is 0 Å². The largest absolute Gasteiger partial charge is 0.369 e. The molecular weight excluding hydrogens is 152 g/mol. The van der Waals surface area contributed by atoms with Crippen LogP contribution in [0.1, 0.15) is 38.5 Å². The van der Waals surface area contributed by atoms with Crippen LogP contribution >= 0.6 is 0 Å². The van der Waals surface area contributed by atoms with Gasteiger partial charge in [-0.05, 0) is 25.7 Å². The molecule has 1 fully saturated rings. The summed E-state index contributed by atoms with van der Waals surface area (Å²) in [5, 5.41) is 7.65. The molecule has 12 heavy (non-hydrogen) atoms. The van der Waals surface area contributed by atoms with Gasteiger partial charge in [0.25, 0.3) is 0 Å². The van der Waals surface area contributed by atoms with Gasteiger partial charge in [0, 0.05) is 5.71 Å². The van der Waals surface area contributed by atoms with Gasteiger partial charge in [-0.2, -0.15) is 5.10 Å². The molecular formula is C8H16N4. The highest BCUT2D eigenvalue weighted by Crippen LogP contribution is 2.14. The first-order valence-electron chi connectivity index (χ1n) is 4.43. The summed E-state index contributed by atoms with van der Waals surface area (Å²) in [7, 11) is 0. The number of hydrogen-bond donors (Lipinski definition) is 2. The minimum absolute atomic E-state index is 0.0479. The Hall–Kier alpha value is -1.06. The Balaban J connectivity index is 2.48. The van der Waals surface area contributed by atoms with E-state index in [0.717, 1.165) is 18.6 Å². The summed E-state index contributed by atoms with van der Waals surface area (Å²) in [5.41, 5.74) is 11.5. The van der Waals surface area contributed by atoms with Crippen LogP contribution in [-0.4, -0.2) is 11.7 Å². The van der Waals surface area contributed by atoms with Gasteiger partial charge < -0.3 is 11.5 Å². The smallest absolute Gasteiger partial charge is 0.211 e. The molecule has 0 radical (unpaired) electrons. The normalized spacial score (nSPS) is 18.2. The van der Waals surface area contributed by atoms with Crippen molar-refractivity contribution in [3.8, 4) is 0 Å². The van der Waals surface area contributed by atoms with Gasteiger partial charge in [0.1, 0.15) is 0 Å². The van der Waals surface area contributed by atoms with Crippen LogP contribution < -0.4 is 11.5 Å². The Labute approximate surface area is 72.7 Å². The van der Waals surface area contributed by atoms with Gasteiger partial charge in [-0.1, -0.05) is 12.8 Å². The van der Waals surface area contributed by atoms with Gasteiger partial charge in [-0.15, -0.1) is 5.10 Å². The maximum absolute atomic E-state index is 5.17. The third-order valence-corrected chi connectivity index (χ3v) is 1.99. The molecule has 0 aromatic heterocycles. The van der Waals surface area contributed by atoms with Crippen LogP contribution in [0.5, 0.6) is 0 Å². The fourth-order valence-electron chi connectivity index (χ4n) is 1.37. The monoisotopic (exact) mass is 168 g/mol. The van der Waals surface area contributed by atoms with Crippen molar-refractivity contribution in [2.45, 2.75) is 38.5 Å². The maximum atomic E-state index is 5.17. The predicted octanol–water partition coefficient (Wildman–Crippen LogP) is 0.970. The second-order valence-corrected chi connectivity index (χ2v) is 3.11. The molecule has 0 amide bonds. The lowest BCUT2D eigenvalue weighted by Crippen LogP contribution is -2.22. The molecule has 4 nitrogen and oxygen atoms in total. The number of hydrogen-bond acceptors (Lipinski definition) is 2. The van der Waals surface area contributed by atoms with Gasteiger partial charge >= 0.3 is 0 Å². The Morgan fingerprint density at radius 2 is 1.58 bits per heavy atom. The molecule has 4 N–H and O–H groups in total. The highest BCUT2D eigenvalue weighted by molar-refractivity contribution is 5.85. The lowest BCUT2D eigenvalue weighted by atomic mass is 10.2. The molecule has 1 aliphatic carbocycles. The summed E-state index contributed by atoms with van der Waals surface area (Å²) in [6.07, 6.45) is 7.16. The van der Waals surface area contributed by atoms with Crippen molar-refractivity contribution in [2.75, 3.05) is 0 Å². The molecule has 0 aliphatic heterocycles. The summed E-state index contributed by atoms with van der Waals surface area (Å²) >= 11 is 0. The lowest BCUT2D eigenvalue weighted by Gasteiger charge is -1.96. The number of nitrogens with zero attached hydrogens (tertiary/aromatic N) is 2. The maximum Gasteiger partial charge on any atom is 0.211 e. The summed E-state index contributed by atoms with van der Waals surface area (Å²) in [5.74, 6) is 0.0479. The van der Waals surface area contributed by atoms with Crippen LogP contribution in [-0.2, 0) is 0 Å². The SMILES string of the molecule is NC(N)=NN=C1CCCCCC1. The topological polar surface area (TPSA) is 76.8 Å². The van der Waals surface area contributed by atoms with Crippen molar-refractivity contribution in [1.82, 2.24) is 0 Å². The summed E-state index contributed by atoms with van der Waals surface area (Å²) in [6.45, 7) is 0. The number of rotatable bonds is 1. The molecule has 68 valence electrons. The van der Waals surface area contributed by atoms with Crippen LogP contribution in [0, 0.1) is 0 Å². The third kappa shape index (κ3) is 3.37. The van der Waals surface area contributed by atoms with E-state index in [4.69, 9.17) is 11.5 Å². The third-order valence-electron chi connectivity index (χ3n) is 1.99. The Bertz CT molecular complexity index is 181. The van der Waals surface area contributed by atoms with E-state index in [-0.39, 0.29) is 5.96 Å². The number of nitrogens with two attached hydrogens (primary N) is 2. The van der Waals surface area contributed by atoms with E-state index in [0.29, 0.717) is 0 Å². The molecule has 0 spiro atoms. The zero-order valence-electron chi connectivity index (χ0n) is 7.29. The van der Waals surface area contributed by atoms with E-state index in [9.17, 15) is 0 Å². The zero-order chi connectivity index (χ0) is 8.81. The van der Waals surface area contributed by atoms with E-state index in [1.165, 1.54) is 25.7 Å². The van der Waals surface area contributed by atoms with E-state index in [1.807, 2.05) is 0 Å². The molecule has 4 heteroatoms. The van der Waals surface area contributed by atoms with Gasteiger partial charge in [0.05, 0.1) is 0 Å². The van der Waals surface area contributed by atoms with Crippen LogP contribution in [0.4, 0.5) is 0 Å². The van der Waals surface area contributed by atoms with Crippen molar-refractivity contribution in [2.24, 2.45) is 21.7 Å². The van der Waals surface area contributed by atoms with Crippen molar-refractivity contribution in [3.63, 3.8) is 0 Å². The average molecular weight is 168 g/mol. The highest BCUT2D eigenvalue weighted by Gasteiger charge is 2.04. The minimum Gasteiger partial charge on any atom is -0.369 e. The highest BCUT2D eigenvalue weighted by atomic mass is 15.3. The first-order chi connectivity index (χ1) is 5.79. The van der Waals surface area contributed by atoms with E-state index in [2.05, 4.69) is 10.2 Å². The molecule has 0 heterocycles. The molecule has 1 saturated carbocycles. The van der Waals surface area contributed by atoms with Crippen LogP contribution in [0.3, 0.4) is 0 Å². The molecule has 0 saturated heterocycles. The summed E-state index contributed by atoms with van der Waals surface area (Å²) in [6, 6.07) is 0. The second-order valence-electron chi connectivity index (χ2n) is 3.11. The van der Waals surface area contributed by atoms with Crippen LogP contribution in [0.25, 0.3) is 0 Å². The van der Waals surface area contributed by atoms with Crippen molar-refractivity contribution >= 4 is 11.7 Å². The summed E-state index contributed by atoms with van der Waals surface area (Å²) in [4.78, 5) is 0. The molecule has 0 aromatic carbocycles. The van der Waals surface area contributed by atoms with Gasteiger partial charge in [0.15, 0.2) is 0 Å². The van der Waals surface area contributed by atoms with E-state index < -0.39 is 0 Å². The molecule has 0 bridgehead atoms. The first-order valence-corrected chi connectivity index (χ1v) is 4.43. The Morgan fingerprint density at radius 1 is 1.00 bits per heavy atom. The number of guanidine groups is 1. The van der Waals surface area contributed by atoms with Gasteiger partial charge in [-0.25, -0.2) is 0 Å². The molecule has 0 aromatic rings. The summed E-state index contributed by atoms with van der Waals surface area (Å²) < 4.78 is 0. The van der Waals surface area contributed by atoms with Crippen LogP contribution in [0.15, 0.2) is 10.2 Å². The average Bonchev–Trinajstić information content (AvgIpc) is 2.28. The Kier molecular flexibility index (Phi) is 3.57. The molecule has 1 rings (SSSR count). The van der Waals surface area contributed by atoms with Crippen molar-refractivity contribution < 1.29 is 0 Å². The van der Waals surface area contributed by atoms with Gasteiger partial charge in [0.2, 0.25) is 5.96 Å². The first kappa shape index (κ1) is 9.03.